The first-order chi connectivity index (χ1) is 10.9. The number of nitrogens with zero attached hydrogens (tertiary/aromatic N) is 1. The minimum absolute atomic E-state index is 0.0625. The number of thioether (sulfide) groups is 1. The van der Waals surface area contributed by atoms with E-state index in [4.69, 9.17) is 10.5 Å². The number of carbonyl (C=O) groups is 1. The average molecular weight is 348 g/mol. The molecule has 5 nitrogen and oxygen atoms in total. The Labute approximate surface area is 139 Å². The smallest absolute Gasteiger partial charge is 0.387 e. The van der Waals surface area contributed by atoms with E-state index >= 15 is 0 Å². The molecule has 2 N–H and O–H groups in total. The molecule has 0 aliphatic carbocycles. The Bertz CT molecular complexity index is 517. The molecule has 130 valence electrons. The minimum Gasteiger partial charge on any atom is -0.493 e. The van der Waals surface area contributed by atoms with Gasteiger partial charge in [0.1, 0.15) is 0 Å². The molecule has 1 aromatic carbocycles. The normalized spacial score (nSPS) is 12.1. The number of halogens is 2. The van der Waals surface area contributed by atoms with Crippen molar-refractivity contribution in [2.75, 3.05) is 26.2 Å². The number of benzene rings is 1. The fraction of sp³-hybridized carbons (Fsp3) is 0.533. The van der Waals surface area contributed by atoms with Gasteiger partial charge in [-0.05, 0) is 36.1 Å². The molecular weight excluding hydrogens is 326 g/mol. The Kier molecular flexibility index (Phi) is 8.11. The molecule has 0 aliphatic rings. The maximum absolute atomic E-state index is 12.4. The van der Waals surface area contributed by atoms with Crippen molar-refractivity contribution in [3.63, 3.8) is 0 Å². The van der Waals surface area contributed by atoms with Crippen LogP contribution in [0.2, 0.25) is 0 Å². The first kappa shape index (κ1) is 19.5. The number of likely N-dealkylation sites (N-methyl/N-ethyl adjacent to an activating group) is 1. The van der Waals surface area contributed by atoms with Crippen molar-refractivity contribution >= 4 is 17.7 Å². The zero-order valence-corrected chi connectivity index (χ0v) is 14.2. The van der Waals surface area contributed by atoms with Gasteiger partial charge in [0.25, 0.3) is 0 Å². The van der Waals surface area contributed by atoms with E-state index in [1.54, 1.807) is 24.9 Å². The topological polar surface area (TPSA) is 64.8 Å². The van der Waals surface area contributed by atoms with Crippen molar-refractivity contribution in [2.45, 2.75) is 25.6 Å². The highest BCUT2D eigenvalue weighted by molar-refractivity contribution is 7.98. The number of alkyl halides is 2. The number of hydrogen-bond donors (Lipinski definition) is 1. The quantitative estimate of drug-likeness (QED) is 0.742. The summed E-state index contributed by atoms with van der Waals surface area (Å²) < 4.78 is 34.3. The van der Waals surface area contributed by atoms with Crippen LogP contribution in [0.5, 0.6) is 11.5 Å². The second-order valence-electron chi connectivity index (χ2n) is 4.95. The monoisotopic (exact) mass is 348 g/mol. The lowest BCUT2D eigenvalue weighted by Crippen LogP contribution is -2.41. The zero-order chi connectivity index (χ0) is 17.4. The van der Waals surface area contributed by atoms with Crippen LogP contribution in [0.15, 0.2) is 18.2 Å². The van der Waals surface area contributed by atoms with Crippen LogP contribution in [0, 0.1) is 0 Å². The van der Waals surface area contributed by atoms with E-state index in [2.05, 4.69) is 4.74 Å². The van der Waals surface area contributed by atoms with Gasteiger partial charge in [0, 0.05) is 13.6 Å². The number of nitrogens with two attached hydrogens (primary N) is 1. The van der Waals surface area contributed by atoms with E-state index in [0.29, 0.717) is 12.0 Å². The summed E-state index contributed by atoms with van der Waals surface area (Å²) in [5.74, 6) is 0.758. The molecule has 0 spiro atoms. The number of ether oxygens (including phenoxy) is 2. The summed E-state index contributed by atoms with van der Waals surface area (Å²) in [5.41, 5.74) is 6.50. The predicted octanol–water partition coefficient (Wildman–Crippen LogP) is 2.34. The molecule has 0 saturated carbocycles. The van der Waals surface area contributed by atoms with Gasteiger partial charge in [-0.25, -0.2) is 0 Å². The van der Waals surface area contributed by atoms with Crippen molar-refractivity contribution in [3.05, 3.63) is 23.8 Å². The maximum atomic E-state index is 12.4. The van der Waals surface area contributed by atoms with E-state index in [1.165, 1.54) is 24.1 Å². The summed E-state index contributed by atoms with van der Waals surface area (Å²) in [7, 11) is 2.99. The molecule has 1 atom stereocenters. The van der Waals surface area contributed by atoms with Crippen LogP contribution in [0.4, 0.5) is 8.78 Å². The van der Waals surface area contributed by atoms with Crippen molar-refractivity contribution < 1.29 is 23.0 Å². The molecular formula is C15H22F2N2O3S. The molecule has 1 rings (SSSR count). The summed E-state index contributed by atoms with van der Waals surface area (Å²) in [6.07, 6.45) is 2.54. The second kappa shape index (κ2) is 9.57. The van der Waals surface area contributed by atoms with Crippen molar-refractivity contribution in [2.24, 2.45) is 5.73 Å². The van der Waals surface area contributed by atoms with E-state index in [1.807, 2.05) is 6.26 Å². The van der Waals surface area contributed by atoms with Gasteiger partial charge in [-0.2, -0.15) is 20.5 Å². The molecule has 0 saturated heterocycles. The van der Waals surface area contributed by atoms with Crippen molar-refractivity contribution in [3.8, 4) is 11.5 Å². The molecule has 1 amide bonds. The Hall–Kier alpha value is -1.54. The summed E-state index contributed by atoms with van der Waals surface area (Å²) in [5, 5.41) is 0. The Balaban J connectivity index is 2.77. The number of rotatable bonds is 9. The predicted molar refractivity (Wildman–Crippen MR) is 87.1 cm³/mol. The summed E-state index contributed by atoms with van der Waals surface area (Å²) in [6.45, 7) is -2.70. The van der Waals surface area contributed by atoms with Gasteiger partial charge in [-0.1, -0.05) is 6.07 Å². The Morgan fingerprint density at radius 3 is 2.65 bits per heavy atom. The standard InChI is InChI=1S/C15H22F2N2O3S/c1-19(14(20)11(18)6-7-23-3)9-10-4-5-12(21-2)13(8-10)22-15(16)17/h4-5,8,11,15H,6-7,9,18H2,1-3H3/t11-/m0/s1. The minimum atomic E-state index is -2.95. The Morgan fingerprint density at radius 1 is 1.39 bits per heavy atom. The first-order valence-electron chi connectivity index (χ1n) is 7.00. The van der Waals surface area contributed by atoms with E-state index < -0.39 is 12.7 Å². The van der Waals surface area contributed by atoms with Gasteiger partial charge < -0.3 is 20.1 Å². The fourth-order valence-electron chi connectivity index (χ4n) is 2.01. The van der Waals surface area contributed by atoms with Crippen LogP contribution in [-0.2, 0) is 11.3 Å². The van der Waals surface area contributed by atoms with Crippen molar-refractivity contribution in [1.29, 1.82) is 0 Å². The lowest BCUT2D eigenvalue weighted by Gasteiger charge is -2.22. The summed E-state index contributed by atoms with van der Waals surface area (Å²) >= 11 is 1.62. The molecule has 0 aromatic heterocycles. The van der Waals surface area contributed by atoms with Crippen LogP contribution in [0.1, 0.15) is 12.0 Å². The average Bonchev–Trinajstić information content (AvgIpc) is 2.51. The molecule has 8 heteroatoms. The molecule has 0 bridgehead atoms. The maximum Gasteiger partial charge on any atom is 0.387 e. The van der Waals surface area contributed by atoms with Gasteiger partial charge in [-0.15, -0.1) is 0 Å². The second-order valence-corrected chi connectivity index (χ2v) is 5.93. The SMILES string of the molecule is COc1ccc(CN(C)C(=O)[C@@H](N)CCSC)cc1OC(F)F. The lowest BCUT2D eigenvalue weighted by molar-refractivity contribution is -0.131. The fourth-order valence-corrected chi connectivity index (χ4v) is 2.50. The van der Waals surface area contributed by atoms with Crippen LogP contribution in [-0.4, -0.2) is 49.6 Å². The van der Waals surface area contributed by atoms with Crippen LogP contribution in [0.25, 0.3) is 0 Å². The van der Waals surface area contributed by atoms with Crippen molar-refractivity contribution in [1.82, 2.24) is 4.90 Å². The third-order valence-electron chi connectivity index (χ3n) is 3.19. The molecule has 0 radical (unpaired) electrons. The third-order valence-corrected chi connectivity index (χ3v) is 3.83. The van der Waals surface area contributed by atoms with Crippen LogP contribution >= 0.6 is 11.8 Å². The summed E-state index contributed by atoms with van der Waals surface area (Å²) in [6, 6.07) is 4.08. The molecule has 0 unspecified atom stereocenters. The van der Waals surface area contributed by atoms with Gasteiger partial charge in [0.15, 0.2) is 11.5 Å². The molecule has 0 fully saturated rings. The Morgan fingerprint density at radius 2 is 2.09 bits per heavy atom. The van der Waals surface area contributed by atoms with E-state index in [0.717, 1.165) is 5.75 Å². The highest BCUT2D eigenvalue weighted by Gasteiger charge is 2.19. The molecule has 1 aromatic rings. The number of amides is 1. The van der Waals surface area contributed by atoms with Gasteiger partial charge >= 0.3 is 6.61 Å². The van der Waals surface area contributed by atoms with Gasteiger partial charge in [0.2, 0.25) is 5.91 Å². The highest BCUT2D eigenvalue weighted by atomic mass is 32.2. The molecule has 0 aliphatic heterocycles. The van der Waals surface area contributed by atoms with Crippen LogP contribution in [0.3, 0.4) is 0 Å². The largest absolute Gasteiger partial charge is 0.493 e. The van der Waals surface area contributed by atoms with E-state index in [-0.39, 0.29) is 24.0 Å². The summed E-state index contributed by atoms with van der Waals surface area (Å²) in [4.78, 5) is 13.6. The van der Waals surface area contributed by atoms with Gasteiger partial charge in [-0.3, -0.25) is 4.79 Å². The zero-order valence-electron chi connectivity index (χ0n) is 13.4. The third kappa shape index (κ3) is 6.23. The van der Waals surface area contributed by atoms with Crippen LogP contribution < -0.4 is 15.2 Å². The number of carbonyl (C=O) groups excluding carboxylic acids is 1. The molecule has 23 heavy (non-hydrogen) atoms. The highest BCUT2D eigenvalue weighted by Crippen LogP contribution is 2.29. The molecule has 0 heterocycles. The number of hydrogen-bond acceptors (Lipinski definition) is 5. The van der Waals surface area contributed by atoms with Gasteiger partial charge in [0.05, 0.1) is 13.2 Å². The number of methoxy groups -OCH3 is 1. The first-order valence-corrected chi connectivity index (χ1v) is 8.39. The van der Waals surface area contributed by atoms with E-state index in [9.17, 15) is 13.6 Å². The lowest BCUT2D eigenvalue weighted by atomic mass is 10.1.